The number of esters is 3. The Morgan fingerprint density at radius 1 is 0.846 bits per heavy atom. The van der Waals surface area contributed by atoms with Crippen LogP contribution in [-0.4, -0.2) is 50.4 Å². The molecule has 7 nitrogen and oxygen atoms in total. The van der Waals surface area contributed by atoms with Gasteiger partial charge < -0.3 is 18.9 Å². The van der Waals surface area contributed by atoms with Crippen LogP contribution in [0, 0.1) is 5.92 Å². The fourth-order valence-corrected chi connectivity index (χ4v) is 2.05. The molecule has 1 aromatic carbocycles. The molecule has 0 aliphatic rings. The monoisotopic (exact) mass is 366 g/mol. The smallest absolute Gasteiger partial charge is 0.347 e. The molecule has 0 heterocycles. The van der Waals surface area contributed by atoms with Gasteiger partial charge in [-0.1, -0.05) is 37.3 Å². The molecule has 0 N–H and O–H groups in total. The Balaban J connectivity index is 2.42. The average Bonchev–Trinajstić information content (AvgIpc) is 2.62. The molecule has 0 bridgehead atoms. The predicted octanol–water partition coefficient (Wildman–Crippen LogP) is 1.92. The number of rotatable bonds is 10. The second kappa shape index (κ2) is 11.3. The molecule has 0 aliphatic carbocycles. The normalized spacial score (nSPS) is 14.0. The lowest BCUT2D eigenvalue weighted by Gasteiger charge is -2.18. The highest BCUT2D eigenvalue weighted by Crippen LogP contribution is 2.12. The van der Waals surface area contributed by atoms with Gasteiger partial charge in [0.2, 0.25) is 0 Å². The van der Waals surface area contributed by atoms with Gasteiger partial charge in [0.25, 0.3) is 0 Å². The van der Waals surface area contributed by atoms with Crippen molar-refractivity contribution in [1.82, 2.24) is 0 Å². The molecule has 0 aromatic heterocycles. The lowest BCUT2D eigenvalue weighted by molar-refractivity contribution is -0.178. The van der Waals surface area contributed by atoms with E-state index in [-0.39, 0.29) is 13.2 Å². The zero-order valence-corrected chi connectivity index (χ0v) is 15.6. The van der Waals surface area contributed by atoms with Gasteiger partial charge in [0.1, 0.15) is 6.61 Å². The highest BCUT2D eigenvalue weighted by molar-refractivity contribution is 5.83. The number of hydrogen-bond acceptors (Lipinski definition) is 7. The number of benzene rings is 1. The highest BCUT2D eigenvalue weighted by Gasteiger charge is 2.27. The topological polar surface area (TPSA) is 88.1 Å². The molecule has 0 saturated carbocycles. The summed E-state index contributed by atoms with van der Waals surface area (Å²) in [6.45, 7) is 4.83. The Morgan fingerprint density at radius 3 is 2.04 bits per heavy atom. The summed E-state index contributed by atoms with van der Waals surface area (Å²) in [6, 6.07) is 9.50. The van der Waals surface area contributed by atoms with Crippen molar-refractivity contribution in [2.45, 2.75) is 39.4 Å². The molecule has 26 heavy (non-hydrogen) atoms. The maximum absolute atomic E-state index is 12.1. The van der Waals surface area contributed by atoms with E-state index in [9.17, 15) is 14.4 Å². The molecule has 0 spiro atoms. The second-order valence-electron chi connectivity index (χ2n) is 5.91. The molecule has 1 aromatic rings. The van der Waals surface area contributed by atoms with Gasteiger partial charge in [0, 0.05) is 7.11 Å². The van der Waals surface area contributed by atoms with Crippen molar-refractivity contribution >= 4 is 17.9 Å². The highest BCUT2D eigenvalue weighted by atomic mass is 16.6. The van der Waals surface area contributed by atoms with E-state index in [4.69, 9.17) is 18.9 Å². The lowest BCUT2D eigenvalue weighted by atomic mass is 10.0. The SMILES string of the molecule is COCCOC(=O)C(C)OC(=O)C(C)OC(=O)C(C)Cc1ccccc1. The van der Waals surface area contributed by atoms with Crippen molar-refractivity contribution in [1.29, 1.82) is 0 Å². The quantitative estimate of drug-likeness (QED) is 0.355. The van der Waals surface area contributed by atoms with Gasteiger partial charge in [0.05, 0.1) is 12.5 Å². The Bertz CT molecular complexity index is 585. The third kappa shape index (κ3) is 7.65. The van der Waals surface area contributed by atoms with Crippen LogP contribution >= 0.6 is 0 Å². The minimum Gasteiger partial charge on any atom is -0.461 e. The minimum atomic E-state index is -1.12. The summed E-state index contributed by atoms with van der Waals surface area (Å²) in [5.74, 6) is -2.41. The van der Waals surface area contributed by atoms with Gasteiger partial charge in [0.15, 0.2) is 12.2 Å². The van der Waals surface area contributed by atoms with E-state index in [1.807, 2.05) is 30.3 Å². The van der Waals surface area contributed by atoms with E-state index in [0.29, 0.717) is 6.42 Å². The summed E-state index contributed by atoms with van der Waals surface area (Å²) in [4.78, 5) is 35.7. The predicted molar refractivity (Wildman–Crippen MR) is 93.3 cm³/mol. The van der Waals surface area contributed by atoms with Crippen LogP contribution in [0.15, 0.2) is 30.3 Å². The van der Waals surface area contributed by atoms with E-state index >= 15 is 0 Å². The van der Waals surface area contributed by atoms with Crippen molar-refractivity contribution in [3.8, 4) is 0 Å². The summed E-state index contributed by atoms with van der Waals surface area (Å²) in [7, 11) is 1.48. The van der Waals surface area contributed by atoms with Crippen molar-refractivity contribution < 1.29 is 33.3 Å². The standard InChI is InChI=1S/C19H26O7/c1-13(12-16-8-6-5-7-9-16)17(20)25-15(3)19(22)26-14(2)18(21)24-11-10-23-4/h5-9,13-15H,10-12H2,1-4H3. The molecular weight excluding hydrogens is 340 g/mol. The van der Waals surface area contributed by atoms with Gasteiger partial charge in [-0.05, 0) is 25.8 Å². The number of hydrogen-bond donors (Lipinski definition) is 0. The first-order valence-corrected chi connectivity index (χ1v) is 8.45. The van der Waals surface area contributed by atoms with Gasteiger partial charge in [-0.2, -0.15) is 0 Å². The van der Waals surface area contributed by atoms with Crippen LogP contribution < -0.4 is 0 Å². The minimum absolute atomic E-state index is 0.0682. The maximum atomic E-state index is 12.1. The fraction of sp³-hybridized carbons (Fsp3) is 0.526. The summed E-state index contributed by atoms with van der Waals surface area (Å²) in [6.07, 6.45) is -1.71. The summed E-state index contributed by atoms with van der Waals surface area (Å²) in [5.41, 5.74) is 1.000. The van der Waals surface area contributed by atoms with Gasteiger partial charge >= 0.3 is 17.9 Å². The largest absolute Gasteiger partial charge is 0.461 e. The molecule has 0 radical (unpaired) electrons. The van der Waals surface area contributed by atoms with Crippen LogP contribution in [0.3, 0.4) is 0 Å². The van der Waals surface area contributed by atoms with Crippen molar-refractivity contribution in [3.05, 3.63) is 35.9 Å². The molecule has 3 atom stereocenters. The molecule has 0 fully saturated rings. The molecule has 0 saturated heterocycles. The second-order valence-corrected chi connectivity index (χ2v) is 5.91. The van der Waals surface area contributed by atoms with Gasteiger partial charge in [-0.3, -0.25) is 4.79 Å². The van der Waals surface area contributed by atoms with Crippen molar-refractivity contribution in [2.75, 3.05) is 20.3 Å². The van der Waals surface area contributed by atoms with Crippen LogP contribution in [0.1, 0.15) is 26.3 Å². The molecule has 144 valence electrons. The Hall–Kier alpha value is -2.41. The van der Waals surface area contributed by atoms with Crippen LogP contribution in [0.4, 0.5) is 0 Å². The zero-order valence-electron chi connectivity index (χ0n) is 15.6. The van der Waals surface area contributed by atoms with E-state index in [2.05, 4.69) is 0 Å². The number of carbonyl (C=O) groups excluding carboxylic acids is 3. The van der Waals surface area contributed by atoms with Gasteiger partial charge in [-0.25, -0.2) is 9.59 Å². The van der Waals surface area contributed by atoms with E-state index in [0.717, 1.165) is 5.56 Å². The Labute approximate surface area is 153 Å². The third-order valence-corrected chi connectivity index (χ3v) is 3.57. The lowest BCUT2D eigenvalue weighted by Crippen LogP contribution is -2.34. The number of ether oxygens (including phenoxy) is 4. The first-order valence-electron chi connectivity index (χ1n) is 8.45. The Morgan fingerprint density at radius 2 is 1.42 bits per heavy atom. The molecule has 0 aliphatic heterocycles. The van der Waals surface area contributed by atoms with Crippen LogP contribution in [0.5, 0.6) is 0 Å². The summed E-state index contributed by atoms with van der Waals surface area (Å²) >= 11 is 0. The summed E-state index contributed by atoms with van der Waals surface area (Å²) in [5, 5.41) is 0. The van der Waals surface area contributed by atoms with Crippen LogP contribution in [0.2, 0.25) is 0 Å². The Kier molecular flexibility index (Phi) is 9.36. The first kappa shape index (κ1) is 21.6. The van der Waals surface area contributed by atoms with E-state index in [1.54, 1.807) is 6.92 Å². The van der Waals surface area contributed by atoms with Crippen LogP contribution in [-0.2, 0) is 39.8 Å². The molecule has 1 rings (SSSR count). The van der Waals surface area contributed by atoms with Crippen LogP contribution in [0.25, 0.3) is 0 Å². The van der Waals surface area contributed by atoms with E-state index < -0.39 is 36.0 Å². The molecule has 0 amide bonds. The third-order valence-electron chi connectivity index (χ3n) is 3.57. The van der Waals surface area contributed by atoms with Gasteiger partial charge in [-0.15, -0.1) is 0 Å². The fourth-order valence-electron chi connectivity index (χ4n) is 2.05. The average molecular weight is 366 g/mol. The zero-order chi connectivity index (χ0) is 19.5. The number of methoxy groups -OCH3 is 1. The maximum Gasteiger partial charge on any atom is 0.347 e. The van der Waals surface area contributed by atoms with Crippen molar-refractivity contribution in [2.24, 2.45) is 5.92 Å². The molecule has 3 unspecified atom stereocenters. The van der Waals surface area contributed by atoms with E-state index in [1.165, 1.54) is 21.0 Å². The number of carbonyl (C=O) groups is 3. The summed E-state index contributed by atoms with van der Waals surface area (Å²) < 4.78 is 19.7. The first-order chi connectivity index (χ1) is 12.3. The van der Waals surface area contributed by atoms with Crippen molar-refractivity contribution in [3.63, 3.8) is 0 Å². The molecule has 7 heteroatoms. The molecular formula is C19H26O7.